The minimum atomic E-state index is -1.98. The number of rotatable bonds is 9. The average Bonchev–Trinajstić information content (AvgIpc) is 2.68. The zero-order chi connectivity index (χ0) is 19.2. The van der Waals surface area contributed by atoms with E-state index >= 15 is 0 Å². The minimum absolute atomic E-state index is 0.115. The molecule has 0 spiro atoms. The Hall–Kier alpha value is -1.70. The van der Waals surface area contributed by atoms with Gasteiger partial charge in [-0.2, -0.15) is 0 Å². The molecule has 0 unspecified atom stereocenters. The van der Waals surface area contributed by atoms with Crippen molar-refractivity contribution in [2.75, 3.05) is 20.3 Å². The van der Waals surface area contributed by atoms with E-state index in [1.54, 1.807) is 0 Å². The van der Waals surface area contributed by atoms with Crippen LogP contribution in [0, 0.1) is 0 Å². The quantitative estimate of drug-likeness (QED) is 0.371. The first kappa shape index (κ1) is 20.6. The fraction of sp³-hybridized carbons (Fsp3) is 0.579. The molecule has 0 saturated carbocycles. The number of benzene rings is 1. The lowest BCUT2D eigenvalue weighted by Gasteiger charge is -2.48. The van der Waals surface area contributed by atoms with E-state index in [2.05, 4.69) is 20.8 Å². The molecule has 7 heteroatoms. The highest BCUT2D eigenvalue weighted by Gasteiger charge is 2.55. The highest BCUT2D eigenvalue weighted by molar-refractivity contribution is 6.73. The van der Waals surface area contributed by atoms with Gasteiger partial charge in [0.15, 0.2) is 14.4 Å². The van der Waals surface area contributed by atoms with Gasteiger partial charge >= 0.3 is 6.09 Å². The summed E-state index contributed by atoms with van der Waals surface area (Å²) < 4.78 is 16.5. The lowest BCUT2D eigenvalue weighted by Crippen LogP contribution is -2.64. The molecule has 0 radical (unpaired) electrons. The van der Waals surface area contributed by atoms with E-state index in [0.29, 0.717) is 6.61 Å². The van der Waals surface area contributed by atoms with Gasteiger partial charge in [-0.3, -0.25) is 4.79 Å². The Morgan fingerprint density at radius 2 is 1.69 bits per heavy atom. The molecule has 2 atom stereocenters. The molecule has 1 heterocycles. The van der Waals surface area contributed by atoms with Crippen LogP contribution in [0.15, 0.2) is 30.3 Å². The largest absolute Gasteiger partial charge is 0.447 e. The number of carbonyl (C=O) groups excluding carboxylic acids is 2. The van der Waals surface area contributed by atoms with Crippen molar-refractivity contribution < 1.29 is 23.5 Å². The topological polar surface area (TPSA) is 65.1 Å². The number of nitrogens with zero attached hydrogens (tertiary/aromatic N) is 1. The normalized spacial score (nSPS) is 20.0. The molecule has 6 nitrogen and oxygen atoms in total. The summed E-state index contributed by atoms with van der Waals surface area (Å²) in [5.41, 5.74) is 0.881. The molecule has 1 aliphatic rings. The predicted molar refractivity (Wildman–Crippen MR) is 101 cm³/mol. The summed E-state index contributed by atoms with van der Waals surface area (Å²) in [6, 6.07) is 11.9. The van der Waals surface area contributed by atoms with Gasteiger partial charge in [0, 0.05) is 7.11 Å². The van der Waals surface area contributed by atoms with Crippen LogP contribution in [-0.2, 0) is 18.7 Å². The van der Waals surface area contributed by atoms with Crippen LogP contribution in [-0.4, -0.2) is 51.6 Å². The summed E-state index contributed by atoms with van der Waals surface area (Å²) in [7, 11) is -0.450. The Morgan fingerprint density at radius 3 is 2.23 bits per heavy atom. The van der Waals surface area contributed by atoms with Gasteiger partial charge < -0.3 is 13.9 Å². The molecule has 0 aliphatic carbocycles. The van der Waals surface area contributed by atoms with Crippen LogP contribution in [0.4, 0.5) is 4.79 Å². The average molecular weight is 380 g/mol. The Bertz CT molecular complexity index is 597. The lowest BCUT2D eigenvalue weighted by molar-refractivity contribution is -0.161. The summed E-state index contributed by atoms with van der Waals surface area (Å²) in [5.74, 6) is -0.312. The molecule has 1 aromatic carbocycles. The fourth-order valence-corrected chi connectivity index (χ4v) is 6.07. The first-order valence-electron chi connectivity index (χ1n) is 9.25. The number of β-lactam (4-membered cyclic amide) rings is 1. The van der Waals surface area contributed by atoms with Crippen LogP contribution in [0.3, 0.4) is 0 Å². The van der Waals surface area contributed by atoms with E-state index in [0.717, 1.165) is 23.7 Å². The van der Waals surface area contributed by atoms with Gasteiger partial charge in [0.05, 0.1) is 6.61 Å². The molecule has 2 rings (SSSR count). The van der Waals surface area contributed by atoms with Gasteiger partial charge in [0.2, 0.25) is 0 Å². The van der Waals surface area contributed by atoms with E-state index in [1.807, 2.05) is 30.3 Å². The molecule has 0 aromatic heterocycles. The van der Waals surface area contributed by atoms with Crippen LogP contribution in [0.25, 0.3) is 0 Å². The summed E-state index contributed by atoms with van der Waals surface area (Å²) in [6.07, 6.45) is -1.25. The van der Waals surface area contributed by atoms with E-state index in [1.165, 1.54) is 12.0 Å². The van der Waals surface area contributed by atoms with E-state index in [4.69, 9.17) is 13.9 Å². The summed E-state index contributed by atoms with van der Waals surface area (Å²) in [6.45, 7) is 6.77. The molecule has 0 bridgehead atoms. The predicted octanol–water partition coefficient (Wildman–Crippen LogP) is 3.74. The van der Waals surface area contributed by atoms with Gasteiger partial charge in [-0.25, -0.2) is 9.69 Å². The number of likely N-dealkylation sites (tertiary alicyclic amines) is 1. The van der Waals surface area contributed by atoms with Gasteiger partial charge in [0.1, 0.15) is 12.6 Å². The Morgan fingerprint density at radius 1 is 1.08 bits per heavy atom. The number of hydrogen-bond acceptors (Lipinski definition) is 5. The Balaban J connectivity index is 2.23. The Labute approximate surface area is 156 Å². The molecule has 144 valence electrons. The van der Waals surface area contributed by atoms with Gasteiger partial charge in [0.25, 0.3) is 5.91 Å². The molecular weight excluding hydrogens is 350 g/mol. The zero-order valence-corrected chi connectivity index (χ0v) is 17.1. The van der Waals surface area contributed by atoms with Crippen LogP contribution < -0.4 is 0 Å². The van der Waals surface area contributed by atoms with Crippen LogP contribution in [0.2, 0.25) is 18.1 Å². The summed E-state index contributed by atoms with van der Waals surface area (Å²) >= 11 is 0. The zero-order valence-electron chi connectivity index (χ0n) is 16.1. The Kier molecular flexibility index (Phi) is 7.37. The highest BCUT2D eigenvalue weighted by atomic mass is 28.4. The number of hydrogen-bond donors (Lipinski definition) is 0. The highest BCUT2D eigenvalue weighted by Crippen LogP contribution is 2.40. The van der Waals surface area contributed by atoms with Crippen LogP contribution >= 0.6 is 0 Å². The maximum atomic E-state index is 12.7. The number of imide groups is 1. The number of carbonyl (C=O) groups is 2. The van der Waals surface area contributed by atoms with Gasteiger partial charge in [-0.1, -0.05) is 51.1 Å². The molecule has 0 N–H and O–H groups in total. The van der Waals surface area contributed by atoms with Crippen molar-refractivity contribution in [3.63, 3.8) is 0 Å². The van der Waals surface area contributed by atoms with E-state index in [-0.39, 0.29) is 12.5 Å². The fourth-order valence-electron chi connectivity index (χ4n) is 3.31. The second kappa shape index (κ2) is 9.30. The van der Waals surface area contributed by atoms with Crippen molar-refractivity contribution in [1.29, 1.82) is 0 Å². The molecule has 1 fully saturated rings. The second-order valence-electron chi connectivity index (χ2n) is 6.45. The smallest absolute Gasteiger partial charge is 0.417 e. The van der Waals surface area contributed by atoms with Crippen molar-refractivity contribution in [2.24, 2.45) is 0 Å². The molecule has 2 amide bonds. The molecule has 1 saturated heterocycles. The maximum Gasteiger partial charge on any atom is 0.417 e. The van der Waals surface area contributed by atoms with Gasteiger partial charge in [-0.15, -0.1) is 0 Å². The number of methoxy groups -OCH3 is 1. The standard InChI is InChI=1S/C19H29NO5Si/c1-5-26(6-2,7-3)25-17-16(15-11-9-8-10-12-15)20(18(17)21)19(22)24-14-13-23-4/h8-12,16-17H,5-7,13-14H2,1-4H3/t16-,17+/m0/s1. The third-order valence-electron chi connectivity index (χ3n) is 5.21. The second-order valence-corrected chi connectivity index (χ2v) is 11.2. The molecule has 1 aromatic rings. The van der Waals surface area contributed by atoms with E-state index < -0.39 is 26.6 Å². The first-order valence-corrected chi connectivity index (χ1v) is 11.8. The van der Waals surface area contributed by atoms with E-state index in [9.17, 15) is 9.59 Å². The summed E-state index contributed by atoms with van der Waals surface area (Å²) in [4.78, 5) is 26.3. The molecule has 26 heavy (non-hydrogen) atoms. The van der Waals surface area contributed by atoms with Gasteiger partial charge in [-0.05, 0) is 23.7 Å². The summed E-state index contributed by atoms with van der Waals surface area (Å²) in [5, 5.41) is 0. The monoisotopic (exact) mass is 379 g/mol. The van der Waals surface area contributed by atoms with Crippen molar-refractivity contribution in [3.8, 4) is 0 Å². The van der Waals surface area contributed by atoms with Crippen LogP contribution in [0.5, 0.6) is 0 Å². The lowest BCUT2D eigenvalue weighted by atomic mass is 9.91. The minimum Gasteiger partial charge on any atom is -0.447 e. The molecule has 1 aliphatic heterocycles. The van der Waals surface area contributed by atoms with Crippen LogP contribution in [0.1, 0.15) is 32.4 Å². The molecular formula is C19H29NO5Si. The van der Waals surface area contributed by atoms with Crippen molar-refractivity contribution >= 4 is 20.3 Å². The number of ether oxygens (including phenoxy) is 2. The first-order chi connectivity index (χ1) is 12.5. The van der Waals surface area contributed by atoms with Crippen molar-refractivity contribution in [2.45, 2.75) is 51.0 Å². The third-order valence-corrected chi connectivity index (χ3v) is 9.83. The third kappa shape index (κ3) is 4.16. The van der Waals surface area contributed by atoms with Crippen molar-refractivity contribution in [1.82, 2.24) is 4.90 Å². The SMILES string of the molecule is CC[Si](CC)(CC)O[C@H]1C(=O)N(C(=O)OCCOC)[C@H]1c1ccccc1. The van der Waals surface area contributed by atoms with Crippen molar-refractivity contribution in [3.05, 3.63) is 35.9 Å². The maximum absolute atomic E-state index is 12.7. The number of amides is 2.